The van der Waals surface area contributed by atoms with Gasteiger partial charge in [-0.25, -0.2) is 23.5 Å². The van der Waals surface area contributed by atoms with Crippen molar-refractivity contribution in [2.45, 2.75) is 52.6 Å². The second-order valence-electron chi connectivity index (χ2n) is 8.83. The van der Waals surface area contributed by atoms with Gasteiger partial charge in [0.05, 0.1) is 0 Å². The van der Waals surface area contributed by atoms with Crippen LogP contribution in [0.3, 0.4) is 0 Å². The van der Waals surface area contributed by atoms with Crippen molar-refractivity contribution < 1.29 is 9.13 Å². The van der Waals surface area contributed by atoms with E-state index in [0.29, 0.717) is 24.1 Å². The Balaban J connectivity index is 1.60. The number of anilines is 2. The Bertz CT molecular complexity index is 1370. The van der Waals surface area contributed by atoms with Gasteiger partial charge in [-0.05, 0) is 49.8 Å². The quantitative estimate of drug-likeness (QED) is 0.541. The zero-order valence-electron chi connectivity index (χ0n) is 19.7. The molecule has 1 N–H and O–H groups in total. The van der Waals surface area contributed by atoms with Gasteiger partial charge in [0.1, 0.15) is 11.8 Å². The summed E-state index contributed by atoms with van der Waals surface area (Å²) in [7, 11) is 0. The summed E-state index contributed by atoms with van der Waals surface area (Å²) < 4.78 is 22.8. The van der Waals surface area contributed by atoms with Crippen molar-refractivity contribution in [2.75, 3.05) is 5.32 Å². The summed E-state index contributed by atoms with van der Waals surface area (Å²) in [5.41, 5.74) is -0.630. The lowest BCUT2D eigenvalue weighted by molar-refractivity contribution is 0.260. The lowest BCUT2D eigenvalue weighted by atomic mass is 9.83. The summed E-state index contributed by atoms with van der Waals surface area (Å²) in [5.74, 6) is 0.379. The minimum atomic E-state index is -0.684. The highest BCUT2D eigenvalue weighted by Gasteiger charge is 2.22. The van der Waals surface area contributed by atoms with Crippen LogP contribution < -0.4 is 21.4 Å². The molecule has 1 saturated carbocycles. The third-order valence-electron chi connectivity index (χ3n) is 6.28. The molecule has 0 saturated heterocycles. The molecular formula is C25H27FN6O3. The second-order valence-corrected chi connectivity index (χ2v) is 8.83. The minimum absolute atomic E-state index is 0.0822. The average molecular weight is 479 g/mol. The van der Waals surface area contributed by atoms with E-state index >= 15 is 0 Å². The first kappa shape index (κ1) is 24.1. The molecule has 1 aliphatic carbocycles. The van der Waals surface area contributed by atoms with E-state index in [0.717, 1.165) is 30.3 Å². The number of rotatable bonds is 7. The predicted octanol–water partition coefficient (Wildman–Crippen LogP) is 4.19. The van der Waals surface area contributed by atoms with Gasteiger partial charge in [-0.2, -0.15) is 10.2 Å². The third kappa shape index (κ3) is 5.57. The van der Waals surface area contributed by atoms with E-state index in [2.05, 4.69) is 22.2 Å². The number of benzene rings is 1. The molecule has 3 aromatic rings. The Labute approximate surface area is 201 Å². The van der Waals surface area contributed by atoms with Crippen LogP contribution in [-0.4, -0.2) is 19.1 Å². The summed E-state index contributed by atoms with van der Waals surface area (Å²) in [5, 5.41) is 11.9. The van der Waals surface area contributed by atoms with Gasteiger partial charge in [0, 0.05) is 30.9 Å². The van der Waals surface area contributed by atoms with Crippen LogP contribution in [0.2, 0.25) is 0 Å². The van der Waals surface area contributed by atoms with Crippen LogP contribution >= 0.6 is 0 Å². The Morgan fingerprint density at radius 3 is 2.60 bits per heavy atom. The normalized spacial score (nSPS) is 17.5. The number of nitriles is 1. The van der Waals surface area contributed by atoms with Gasteiger partial charge in [-0.15, -0.1) is 0 Å². The fourth-order valence-corrected chi connectivity index (χ4v) is 4.27. The van der Waals surface area contributed by atoms with E-state index in [1.54, 1.807) is 19.1 Å². The number of nitrogens with one attached hydrogen (secondary N) is 1. The monoisotopic (exact) mass is 478 g/mol. The highest BCUT2D eigenvalue weighted by atomic mass is 19.1. The summed E-state index contributed by atoms with van der Waals surface area (Å²) in [6.07, 6.45) is 4.20. The number of ether oxygens (including phenoxy) is 1. The molecule has 0 amide bonds. The van der Waals surface area contributed by atoms with Crippen LogP contribution in [0.5, 0.6) is 11.6 Å². The largest absolute Gasteiger partial charge is 0.436 e. The molecule has 2 aromatic heterocycles. The molecule has 0 atom stereocenters. The SMILES string of the molecule is CCn1c(=O)nc(Nc2ccc(Oc3cccc(C#N)n3)c(F)c2)n(CC2CCC(C)CC2)c1=O. The maximum Gasteiger partial charge on any atom is 0.354 e. The van der Waals surface area contributed by atoms with E-state index in [-0.39, 0.29) is 29.8 Å². The molecule has 1 aliphatic rings. The molecule has 10 heteroatoms. The Hall–Kier alpha value is -4.00. The highest BCUT2D eigenvalue weighted by Crippen LogP contribution is 2.30. The standard InChI is InChI=1S/C25H27FN6O3/c1-3-31-24(33)30-23(32(25(31)34)15-17-9-7-16(2)8-10-17)29-18-11-12-21(20(26)13-18)35-22-6-4-5-19(14-27)28-22/h4-6,11-13,16-17H,3,7-10,15H2,1-2H3,(H,29,30,33). The highest BCUT2D eigenvalue weighted by molar-refractivity contribution is 5.55. The van der Waals surface area contributed by atoms with Crippen molar-refractivity contribution in [2.24, 2.45) is 11.8 Å². The molecule has 0 radical (unpaired) electrons. The smallest absolute Gasteiger partial charge is 0.354 e. The lowest BCUT2D eigenvalue weighted by Crippen LogP contribution is -2.43. The van der Waals surface area contributed by atoms with E-state index in [4.69, 9.17) is 10.00 Å². The van der Waals surface area contributed by atoms with Gasteiger partial charge < -0.3 is 10.1 Å². The number of hydrogen-bond acceptors (Lipinski definition) is 7. The van der Waals surface area contributed by atoms with E-state index in [1.807, 2.05) is 6.07 Å². The van der Waals surface area contributed by atoms with Gasteiger partial charge in [0.15, 0.2) is 11.6 Å². The number of pyridine rings is 1. The molecule has 0 spiro atoms. The van der Waals surface area contributed by atoms with E-state index in [9.17, 15) is 14.0 Å². The fourth-order valence-electron chi connectivity index (χ4n) is 4.27. The van der Waals surface area contributed by atoms with Crippen LogP contribution in [0, 0.1) is 29.0 Å². The van der Waals surface area contributed by atoms with Gasteiger partial charge >= 0.3 is 11.4 Å². The molecule has 1 aromatic carbocycles. The molecule has 0 aliphatic heterocycles. The Morgan fingerprint density at radius 1 is 1.14 bits per heavy atom. The molecule has 4 rings (SSSR count). The van der Waals surface area contributed by atoms with Crippen LogP contribution in [0.25, 0.3) is 0 Å². The predicted molar refractivity (Wildman–Crippen MR) is 128 cm³/mol. The first-order valence-corrected chi connectivity index (χ1v) is 11.7. The first-order chi connectivity index (χ1) is 16.9. The third-order valence-corrected chi connectivity index (χ3v) is 6.28. The second kappa shape index (κ2) is 10.5. The van der Waals surface area contributed by atoms with Crippen LogP contribution in [0.1, 0.15) is 45.2 Å². The van der Waals surface area contributed by atoms with Crippen molar-refractivity contribution in [3.8, 4) is 17.7 Å². The lowest BCUT2D eigenvalue weighted by Gasteiger charge is -2.27. The van der Waals surface area contributed by atoms with Crippen molar-refractivity contribution in [1.82, 2.24) is 19.1 Å². The molecule has 9 nitrogen and oxygen atoms in total. The summed E-state index contributed by atoms with van der Waals surface area (Å²) in [6, 6.07) is 10.7. The minimum Gasteiger partial charge on any atom is -0.436 e. The average Bonchev–Trinajstić information content (AvgIpc) is 2.85. The van der Waals surface area contributed by atoms with Crippen molar-refractivity contribution in [3.05, 3.63) is 68.9 Å². The number of halogens is 1. The zero-order valence-corrected chi connectivity index (χ0v) is 19.7. The van der Waals surface area contributed by atoms with Gasteiger partial charge in [-0.1, -0.05) is 25.8 Å². The van der Waals surface area contributed by atoms with Gasteiger partial charge in [-0.3, -0.25) is 4.57 Å². The Morgan fingerprint density at radius 2 is 1.91 bits per heavy atom. The van der Waals surface area contributed by atoms with Crippen LogP contribution in [-0.2, 0) is 13.1 Å². The topological polar surface area (TPSA) is 115 Å². The van der Waals surface area contributed by atoms with Crippen LogP contribution in [0.15, 0.2) is 46.0 Å². The summed E-state index contributed by atoms with van der Waals surface area (Å²) in [6.45, 7) is 4.60. The van der Waals surface area contributed by atoms with E-state index in [1.165, 1.54) is 28.8 Å². The maximum absolute atomic E-state index is 14.8. The van der Waals surface area contributed by atoms with E-state index < -0.39 is 17.2 Å². The molecule has 1 fully saturated rings. The molecule has 35 heavy (non-hydrogen) atoms. The number of nitrogens with zero attached hydrogens (tertiary/aromatic N) is 5. The van der Waals surface area contributed by atoms with Crippen molar-refractivity contribution in [3.63, 3.8) is 0 Å². The molecule has 182 valence electrons. The fraction of sp³-hybridized carbons (Fsp3) is 0.400. The molecule has 2 heterocycles. The zero-order chi connectivity index (χ0) is 24.9. The Kier molecular flexibility index (Phi) is 7.25. The van der Waals surface area contributed by atoms with Crippen LogP contribution in [0.4, 0.5) is 16.0 Å². The van der Waals surface area contributed by atoms with Gasteiger partial charge in [0.25, 0.3) is 0 Å². The molecule has 0 unspecified atom stereocenters. The first-order valence-electron chi connectivity index (χ1n) is 11.7. The number of hydrogen-bond donors (Lipinski definition) is 1. The maximum atomic E-state index is 14.8. The summed E-state index contributed by atoms with van der Waals surface area (Å²) >= 11 is 0. The van der Waals surface area contributed by atoms with Crippen molar-refractivity contribution in [1.29, 1.82) is 5.26 Å². The molecule has 0 bridgehead atoms. The summed E-state index contributed by atoms with van der Waals surface area (Å²) in [4.78, 5) is 33.5. The van der Waals surface area contributed by atoms with Gasteiger partial charge in [0.2, 0.25) is 11.8 Å². The number of aromatic nitrogens is 4. The molecular weight excluding hydrogens is 451 g/mol. The van der Waals surface area contributed by atoms with Crippen molar-refractivity contribution >= 4 is 11.6 Å².